The first-order chi connectivity index (χ1) is 12.6. The number of nitrogens with one attached hydrogen (secondary N) is 1. The number of halogens is 1. The Hall–Kier alpha value is -2.25. The Morgan fingerprint density at radius 2 is 2.00 bits per heavy atom. The van der Waals surface area contributed by atoms with Gasteiger partial charge in [0, 0.05) is 64.1 Å². The second kappa shape index (κ2) is 8.42. The molecule has 0 saturated carbocycles. The third-order valence-corrected chi connectivity index (χ3v) is 4.74. The maximum Gasteiger partial charge on any atom is 0.290 e. The summed E-state index contributed by atoms with van der Waals surface area (Å²) >= 11 is 5.99. The molecule has 1 aromatic carbocycles. The van der Waals surface area contributed by atoms with E-state index in [2.05, 4.69) is 20.2 Å². The van der Waals surface area contributed by atoms with Crippen LogP contribution in [0.3, 0.4) is 0 Å². The molecule has 1 aromatic heterocycles. The number of methoxy groups -OCH3 is 1. The Labute approximate surface area is 158 Å². The van der Waals surface area contributed by atoms with Crippen LogP contribution in [0.4, 0.5) is 11.4 Å². The van der Waals surface area contributed by atoms with E-state index < -0.39 is 0 Å². The van der Waals surface area contributed by atoms with Gasteiger partial charge in [0.15, 0.2) is 5.15 Å². The molecule has 0 spiro atoms. The first-order valence-electron chi connectivity index (χ1n) is 8.66. The molecule has 1 aliphatic heterocycles. The molecule has 0 atom stereocenters. The van der Waals surface area contributed by atoms with Crippen LogP contribution in [0.5, 0.6) is 5.75 Å². The maximum atomic E-state index is 12.2. The van der Waals surface area contributed by atoms with Gasteiger partial charge in [-0.1, -0.05) is 17.7 Å². The Kier molecular flexibility index (Phi) is 6.00. The standard InChI is InChI=1S/C18H24ClN5O2/c1-22-18(25)16(13-17(19)21-22)24-10-8-23(9-11-24)7-6-20-14-4-3-5-15(12-14)26-2/h3-5,12-13,20H,6-11H2,1-2H3. The Bertz CT molecular complexity index is 802. The Morgan fingerprint density at radius 1 is 1.23 bits per heavy atom. The molecule has 0 unspecified atom stereocenters. The predicted molar refractivity (Wildman–Crippen MR) is 105 cm³/mol. The van der Waals surface area contributed by atoms with Crippen LogP contribution < -0.4 is 20.5 Å². The summed E-state index contributed by atoms with van der Waals surface area (Å²) in [6, 6.07) is 9.58. The minimum Gasteiger partial charge on any atom is -0.497 e. The fourth-order valence-corrected chi connectivity index (χ4v) is 3.30. The van der Waals surface area contributed by atoms with Crippen LogP contribution >= 0.6 is 11.6 Å². The normalized spacial score (nSPS) is 15.1. The van der Waals surface area contributed by atoms with Crippen LogP contribution in [-0.2, 0) is 7.05 Å². The van der Waals surface area contributed by atoms with Crippen LogP contribution in [0.15, 0.2) is 35.1 Å². The highest BCUT2D eigenvalue weighted by Crippen LogP contribution is 2.17. The van der Waals surface area contributed by atoms with Gasteiger partial charge in [0.1, 0.15) is 11.4 Å². The van der Waals surface area contributed by atoms with E-state index in [1.54, 1.807) is 20.2 Å². The molecule has 8 heteroatoms. The Morgan fingerprint density at radius 3 is 2.73 bits per heavy atom. The lowest BCUT2D eigenvalue weighted by atomic mass is 10.2. The summed E-state index contributed by atoms with van der Waals surface area (Å²) in [5, 5.41) is 7.70. The number of nitrogens with zero attached hydrogens (tertiary/aromatic N) is 4. The average Bonchev–Trinajstić information content (AvgIpc) is 2.65. The molecular formula is C18H24ClN5O2. The van der Waals surface area contributed by atoms with E-state index >= 15 is 0 Å². The van der Waals surface area contributed by atoms with Gasteiger partial charge in [-0.2, -0.15) is 5.10 Å². The third kappa shape index (κ3) is 4.47. The first kappa shape index (κ1) is 18.5. The monoisotopic (exact) mass is 377 g/mol. The van der Waals surface area contributed by atoms with Crippen molar-refractivity contribution in [3.8, 4) is 5.75 Å². The van der Waals surface area contributed by atoms with Gasteiger partial charge in [0.2, 0.25) is 0 Å². The average molecular weight is 378 g/mol. The SMILES string of the molecule is COc1cccc(NCCN2CCN(c3cc(Cl)nn(C)c3=O)CC2)c1. The van der Waals surface area contributed by atoms with E-state index in [1.165, 1.54) is 4.68 Å². The number of aromatic nitrogens is 2. The lowest BCUT2D eigenvalue weighted by Crippen LogP contribution is -2.49. The first-order valence-corrected chi connectivity index (χ1v) is 9.03. The maximum absolute atomic E-state index is 12.2. The second-order valence-electron chi connectivity index (χ2n) is 6.27. The molecule has 2 aromatic rings. The fourth-order valence-electron chi connectivity index (χ4n) is 3.09. The van der Waals surface area contributed by atoms with Gasteiger partial charge in [-0.3, -0.25) is 9.69 Å². The zero-order chi connectivity index (χ0) is 18.5. The number of piperazine rings is 1. The number of rotatable bonds is 6. The molecule has 3 rings (SSSR count). The van der Waals surface area contributed by atoms with Crippen molar-refractivity contribution in [1.29, 1.82) is 0 Å². The number of ether oxygens (including phenoxy) is 1. The van der Waals surface area contributed by atoms with Gasteiger partial charge < -0.3 is 15.0 Å². The third-order valence-electron chi connectivity index (χ3n) is 4.55. The molecule has 26 heavy (non-hydrogen) atoms. The number of anilines is 2. The minimum atomic E-state index is -0.109. The summed E-state index contributed by atoms with van der Waals surface area (Å²) in [5.74, 6) is 0.848. The topological polar surface area (TPSA) is 62.6 Å². The quantitative estimate of drug-likeness (QED) is 0.826. The minimum absolute atomic E-state index is 0.109. The molecule has 1 fully saturated rings. The van der Waals surface area contributed by atoms with Crippen molar-refractivity contribution in [1.82, 2.24) is 14.7 Å². The molecule has 7 nitrogen and oxygen atoms in total. The van der Waals surface area contributed by atoms with Crippen LogP contribution in [-0.4, -0.2) is 61.1 Å². The summed E-state index contributed by atoms with van der Waals surface area (Å²) in [5.41, 5.74) is 1.57. The van der Waals surface area contributed by atoms with Crippen molar-refractivity contribution < 1.29 is 4.74 Å². The smallest absolute Gasteiger partial charge is 0.290 e. The second-order valence-corrected chi connectivity index (χ2v) is 6.66. The summed E-state index contributed by atoms with van der Waals surface area (Å²) in [6.45, 7) is 5.21. The number of aryl methyl sites for hydroxylation is 1. The highest BCUT2D eigenvalue weighted by molar-refractivity contribution is 6.29. The molecule has 0 bridgehead atoms. The number of hydrogen-bond donors (Lipinski definition) is 1. The van der Waals surface area contributed by atoms with Crippen molar-refractivity contribution in [2.45, 2.75) is 0 Å². The van der Waals surface area contributed by atoms with Crippen LogP contribution in [0.25, 0.3) is 0 Å². The fraction of sp³-hybridized carbons (Fsp3) is 0.444. The van der Waals surface area contributed by atoms with Crippen LogP contribution in [0, 0.1) is 0 Å². The molecule has 1 saturated heterocycles. The van der Waals surface area contributed by atoms with Crippen molar-refractivity contribution in [3.63, 3.8) is 0 Å². The zero-order valence-electron chi connectivity index (χ0n) is 15.1. The van der Waals surface area contributed by atoms with Crippen LogP contribution in [0.2, 0.25) is 5.15 Å². The summed E-state index contributed by atoms with van der Waals surface area (Å²) in [4.78, 5) is 16.7. The molecule has 1 N–H and O–H groups in total. The van der Waals surface area contributed by atoms with Crippen molar-refractivity contribution >= 4 is 23.0 Å². The summed E-state index contributed by atoms with van der Waals surface area (Å²) in [6.07, 6.45) is 0. The van der Waals surface area contributed by atoms with Crippen LogP contribution in [0.1, 0.15) is 0 Å². The molecule has 0 amide bonds. The highest BCUT2D eigenvalue weighted by Gasteiger charge is 2.20. The van der Waals surface area contributed by atoms with Gasteiger partial charge in [-0.15, -0.1) is 0 Å². The van der Waals surface area contributed by atoms with Crippen molar-refractivity contribution in [2.75, 3.05) is 56.6 Å². The van der Waals surface area contributed by atoms with Gasteiger partial charge in [0.05, 0.1) is 7.11 Å². The molecule has 0 aliphatic carbocycles. The van der Waals surface area contributed by atoms with E-state index in [0.717, 1.165) is 50.7 Å². The van der Waals surface area contributed by atoms with E-state index in [4.69, 9.17) is 16.3 Å². The largest absolute Gasteiger partial charge is 0.497 e. The number of benzene rings is 1. The number of hydrogen-bond acceptors (Lipinski definition) is 6. The van der Waals surface area contributed by atoms with Gasteiger partial charge in [0.25, 0.3) is 5.56 Å². The Balaban J connectivity index is 1.49. The van der Waals surface area contributed by atoms with E-state index in [1.807, 2.05) is 24.3 Å². The molecule has 140 valence electrons. The highest BCUT2D eigenvalue weighted by atomic mass is 35.5. The van der Waals surface area contributed by atoms with E-state index in [9.17, 15) is 4.79 Å². The lowest BCUT2D eigenvalue weighted by molar-refractivity contribution is 0.267. The van der Waals surface area contributed by atoms with E-state index in [-0.39, 0.29) is 5.56 Å². The summed E-state index contributed by atoms with van der Waals surface area (Å²) in [7, 11) is 3.29. The van der Waals surface area contributed by atoms with E-state index in [0.29, 0.717) is 10.8 Å². The summed E-state index contributed by atoms with van der Waals surface area (Å²) < 4.78 is 6.53. The van der Waals surface area contributed by atoms with Gasteiger partial charge >= 0.3 is 0 Å². The predicted octanol–water partition coefficient (Wildman–Crippen LogP) is 1.68. The zero-order valence-corrected chi connectivity index (χ0v) is 15.9. The van der Waals surface area contributed by atoms with Gasteiger partial charge in [-0.25, -0.2) is 4.68 Å². The van der Waals surface area contributed by atoms with Crippen molar-refractivity contribution in [2.24, 2.45) is 7.05 Å². The molecule has 1 aliphatic rings. The lowest BCUT2D eigenvalue weighted by Gasteiger charge is -2.35. The van der Waals surface area contributed by atoms with Crippen molar-refractivity contribution in [3.05, 3.63) is 45.8 Å². The van der Waals surface area contributed by atoms with Gasteiger partial charge in [-0.05, 0) is 12.1 Å². The molecular weight excluding hydrogens is 354 g/mol. The molecule has 2 heterocycles. The molecule has 0 radical (unpaired) electrons.